The van der Waals surface area contributed by atoms with Gasteiger partial charge in [-0.05, 0) is 46.9 Å². The van der Waals surface area contributed by atoms with Crippen LogP contribution in [0.5, 0.6) is 0 Å². The van der Waals surface area contributed by atoms with Gasteiger partial charge in [0, 0.05) is 11.8 Å². The smallest absolute Gasteiger partial charge is 0.283 e. The van der Waals surface area contributed by atoms with Gasteiger partial charge in [-0.15, -0.1) is 0 Å². The quantitative estimate of drug-likeness (QED) is 0.301. The van der Waals surface area contributed by atoms with Gasteiger partial charge in [0.2, 0.25) is 0 Å². The minimum absolute atomic E-state index is 0.0180. The summed E-state index contributed by atoms with van der Waals surface area (Å²) in [6.07, 6.45) is 1.52. The van der Waals surface area contributed by atoms with Crippen LogP contribution in [0.1, 0.15) is 42.3 Å². The molecule has 0 aliphatic heterocycles. The molecule has 0 fully saturated rings. The maximum atomic E-state index is 13.4. The summed E-state index contributed by atoms with van der Waals surface area (Å²) in [5.41, 5.74) is 1.98. The van der Waals surface area contributed by atoms with Crippen LogP contribution in [0.4, 0.5) is 0 Å². The molecule has 33 heavy (non-hydrogen) atoms. The van der Waals surface area contributed by atoms with Crippen LogP contribution in [0.2, 0.25) is 10.0 Å². The highest BCUT2D eigenvalue weighted by Crippen LogP contribution is 2.29. The number of carbonyl (C=O) groups excluding carboxylic acids is 1. The summed E-state index contributed by atoms with van der Waals surface area (Å²) in [4.78, 5) is 13.0. The fourth-order valence-electron chi connectivity index (χ4n) is 3.60. The Morgan fingerprint density at radius 2 is 1.64 bits per heavy atom. The first-order valence-electron chi connectivity index (χ1n) is 10.3. The fourth-order valence-corrected chi connectivity index (χ4v) is 5.53. The summed E-state index contributed by atoms with van der Waals surface area (Å²) in [5, 5.41) is 5.35. The predicted molar refractivity (Wildman–Crippen MR) is 132 cm³/mol. The molecule has 5 nitrogen and oxygen atoms in total. The number of benzene rings is 3. The lowest BCUT2D eigenvalue weighted by atomic mass is 9.87. The zero-order valence-corrected chi connectivity index (χ0v) is 20.7. The van der Waals surface area contributed by atoms with E-state index >= 15 is 0 Å². The van der Waals surface area contributed by atoms with E-state index in [4.69, 9.17) is 23.2 Å². The number of fused-ring (bicyclic) bond motifs is 1. The van der Waals surface area contributed by atoms with Crippen LogP contribution in [0.3, 0.4) is 0 Å². The highest BCUT2D eigenvalue weighted by atomic mass is 35.5. The standard InChI is InChI=1S/C25H22Cl2N2O3S/c1-25(2,3)18-6-4-7-19(14-18)33(31,32)29-22-12-16(10-11-17(22)15-28-29)13-23(30)24-20(26)8-5-9-21(24)27/h4-12,14-15H,13H2,1-3H3. The minimum Gasteiger partial charge on any atom is -0.294 e. The zero-order chi connectivity index (χ0) is 24.0. The molecule has 8 heteroatoms. The van der Waals surface area contributed by atoms with Crippen molar-refractivity contribution < 1.29 is 13.2 Å². The van der Waals surface area contributed by atoms with Crippen molar-refractivity contribution in [2.75, 3.05) is 0 Å². The molecule has 0 aliphatic carbocycles. The number of ketones is 1. The van der Waals surface area contributed by atoms with Crippen molar-refractivity contribution in [3.05, 3.63) is 93.6 Å². The summed E-state index contributed by atoms with van der Waals surface area (Å²) in [7, 11) is -3.94. The van der Waals surface area contributed by atoms with Crippen molar-refractivity contribution >= 4 is 49.9 Å². The molecule has 3 aromatic carbocycles. The van der Waals surface area contributed by atoms with Gasteiger partial charge in [0.1, 0.15) is 0 Å². The van der Waals surface area contributed by atoms with Gasteiger partial charge in [-0.25, -0.2) is 0 Å². The zero-order valence-electron chi connectivity index (χ0n) is 18.3. The third kappa shape index (κ3) is 4.56. The van der Waals surface area contributed by atoms with E-state index in [1.807, 2.05) is 26.8 Å². The molecular weight excluding hydrogens is 479 g/mol. The Balaban J connectivity index is 1.74. The van der Waals surface area contributed by atoms with Gasteiger partial charge in [0.15, 0.2) is 5.78 Å². The number of aromatic nitrogens is 2. The Kier molecular flexibility index (Phi) is 6.12. The molecular formula is C25H22Cl2N2O3S. The summed E-state index contributed by atoms with van der Waals surface area (Å²) < 4.78 is 27.9. The Morgan fingerprint density at radius 3 is 2.30 bits per heavy atom. The molecule has 1 aromatic heterocycles. The number of rotatable bonds is 5. The molecule has 0 radical (unpaired) electrons. The minimum atomic E-state index is -3.94. The van der Waals surface area contributed by atoms with Gasteiger partial charge in [-0.2, -0.15) is 17.6 Å². The van der Waals surface area contributed by atoms with Gasteiger partial charge in [-0.3, -0.25) is 4.79 Å². The van der Waals surface area contributed by atoms with Gasteiger partial charge in [0.25, 0.3) is 10.0 Å². The maximum absolute atomic E-state index is 13.4. The van der Waals surface area contributed by atoms with Crippen molar-refractivity contribution in [3.8, 4) is 0 Å². The van der Waals surface area contributed by atoms with Crippen LogP contribution in [0.15, 0.2) is 71.8 Å². The van der Waals surface area contributed by atoms with E-state index in [-0.39, 0.29) is 38.1 Å². The van der Waals surface area contributed by atoms with E-state index < -0.39 is 10.0 Å². The number of hydrogen-bond donors (Lipinski definition) is 0. The van der Waals surface area contributed by atoms with E-state index in [1.54, 1.807) is 54.6 Å². The molecule has 0 unspecified atom stereocenters. The molecule has 0 saturated heterocycles. The molecule has 0 atom stereocenters. The number of carbonyl (C=O) groups is 1. The maximum Gasteiger partial charge on any atom is 0.283 e. The fraction of sp³-hybridized carbons (Fsp3) is 0.200. The normalized spacial score (nSPS) is 12.3. The lowest BCUT2D eigenvalue weighted by molar-refractivity contribution is 0.0993. The Morgan fingerprint density at radius 1 is 0.970 bits per heavy atom. The Hall–Kier alpha value is -2.67. The van der Waals surface area contributed by atoms with Gasteiger partial charge in [0.05, 0.1) is 32.2 Å². The second kappa shape index (κ2) is 8.60. The van der Waals surface area contributed by atoms with E-state index in [9.17, 15) is 13.2 Å². The van der Waals surface area contributed by atoms with Crippen LogP contribution in [0, 0.1) is 0 Å². The molecule has 4 aromatic rings. The van der Waals surface area contributed by atoms with Crippen LogP contribution in [-0.4, -0.2) is 23.4 Å². The largest absolute Gasteiger partial charge is 0.294 e. The Bertz CT molecular complexity index is 1470. The van der Waals surface area contributed by atoms with Crippen molar-refractivity contribution in [3.63, 3.8) is 0 Å². The molecule has 0 N–H and O–H groups in total. The van der Waals surface area contributed by atoms with Crippen LogP contribution < -0.4 is 0 Å². The van der Waals surface area contributed by atoms with Crippen molar-refractivity contribution in [2.45, 2.75) is 37.5 Å². The molecule has 1 heterocycles. The van der Waals surface area contributed by atoms with Crippen molar-refractivity contribution in [1.29, 1.82) is 0 Å². The van der Waals surface area contributed by atoms with Crippen LogP contribution in [-0.2, 0) is 21.9 Å². The van der Waals surface area contributed by atoms with Gasteiger partial charge in [-0.1, -0.05) is 74.3 Å². The molecule has 4 rings (SSSR count). The third-order valence-electron chi connectivity index (χ3n) is 5.43. The molecule has 0 amide bonds. The number of Topliss-reactive ketones (excluding diaryl/α,β-unsaturated/α-hetero) is 1. The molecule has 0 spiro atoms. The van der Waals surface area contributed by atoms with Crippen LogP contribution >= 0.6 is 23.2 Å². The lowest BCUT2D eigenvalue weighted by Gasteiger charge is -2.19. The van der Waals surface area contributed by atoms with E-state index in [1.165, 1.54) is 6.20 Å². The summed E-state index contributed by atoms with van der Waals surface area (Å²) in [6.45, 7) is 6.07. The Labute approximate surface area is 203 Å². The first kappa shape index (κ1) is 23.5. The topological polar surface area (TPSA) is 69.0 Å². The third-order valence-corrected chi connectivity index (χ3v) is 7.66. The second-order valence-corrected chi connectivity index (χ2v) is 11.4. The van der Waals surface area contributed by atoms with Crippen molar-refractivity contribution in [2.24, 2.45) is 0 Å². The first-order chi connectivity index (χ1) is 15.5. The molecule has 0 bridgehead atoms. The van der Waals surface area contributed by atoms with E-state index in [0.29, 0.717) is 16.5 Å². The second-order valence-electron chi connectivity index (χ2n) is 8.86. The molecule has 0 saturated carbocycles. The first-order valence-corrected chi connectivity index (χ1v) is 12.5. The highest BCUT2D eigenvalue weighted by molar-refractivity contribution is 7.90. The molecule has 0 aliphatic rings. The number of halogens is 2. The van der Waals surface area contributed by atoms with E-state index in [0.717, 1.165) is 9.65 Å². The summed E-state index contributed by atoms with van der Waals surface area (Å²) in [6, 6.07) is 16.9. The van der Waals surface area contributed by atoms with Gasteiger partial charge < -0.3 is 0 Å². The highest BCUT2D eigenvalue weighted by Gasteiger charge is 2.24. The summed E-state index contributed by atoms with van der Waals surface area (Å²) >= 11 is 12.3. The average molecular weight is 501 g/mol. The average Bonchev–Trinajstić information content (AvgIpc) is 3.17. The number of hydrogen-bond acceptors (Lipinski definition) is 4. The monoisotopic (exact) mass is 500 g/mol. The lowest BCUT2D eigenvalue weighted by Crippen LogP contribution is -2.17. The van der Waals surface area contributed by atoms with Crippen molar-refractivity contribution in [1.82, 2.24) is 9.19 Å². The van der Waals surface area contributed by atoms with Gasteiger partial charge >= 0.3 is 0 Å². The summed E-state index contributed by atoms with van der Waals surface area (Å²) in [5.74, 6) is -0.253. The van der Waals surface area contributed by atoms with E-state index in [2.05, 4.69) is 5.10 Å². The number of nitrogens with zero attached hydrogens (tertiary/aromatic N) is 2. The SMILES string of the molecule is CC(C)(C)c1cccc(S(=O)(=O)n2ncc3ccc(CC(=O)c4c(Cl)cccc4Cl)cc32)c1. The van der Waals surface area contributed by atoms with Crippen LogP contribution in [0.25, 0.3) is 10.9 Å². The predicted octanol–water partition coefficient (Wildman–Crippen LogP) is 6.30. The molecule has 170 valence electrons.